The molecule has 0 aromatic heterocycles. The van der Waals surface area contributed by atoms with Gasteiger partial charge in [-0.25, -0.2) is 0 Å². The molecule has 0 heterocycles. The van der Waals surface area contributed by atoms with Crippen molar-refractivity contribution >= 4 is 17.9 Å². The summed E-state index contributed by atoms with van der Waals surface area (Å²) in [5, 5.41) is 0. The fourth-order valence-electron chi connectivity index (χ4n) is 7.65. The first-order valence-corrected chi connectivity index (χ1v) is 27.4. The molecule has 0 saturated carbocycles. The Morgan fingerprint density at radius 2 is 0.600 bits per heavy atom. The van der Waals surface area contributed by atoms with E-state index in [1.165, 1.54) is 116 Å². The molecule has 65 heavy (non-hydrogen) atoms. The molecule has 0 aromatic rings. The first-order chi connectivity index (χ1) is 32.0. The monoisotopic (exact) mass is 907 g/mol. The van der Waals surface area contributed by atoms with Crippen LogP contribution in [0.15, 0.2) is 72.9 Å². The Bertz CT molecular complexity index is 1230. The minimum absolute atomic E-state index is 0.0807. The third kappa shape index (κ3) is 51.7. The summed E-state index contributed by atoms with van der Waals surface area (Å²) in [5.74, 6) is -0.894. The molecule has 0 spiro atoms. The van der Waals surface area contributed by atoms with Gasteiger partial charge in [-0.2, -0.15) is 0 Å². The molecular weight excluding hydrogens is 805 g/mol. The zero-order valence-corrected chi connectivity index (χ0v) is 42.7. The van der Waals surface area contributed by atoms with E-state index in [0.29, 0.717) is 19.3 Å². The Balaban J connectivity index is 4.40. The second kappa shape index (κ2) is 53.5. The molecule has 6 heteroatoms. The standard InChI is InChI=1S/C59H102O6/c1-4-7-10-13-16-19-22-25-27-29-31-34-37-40-43-46-49-52-58(61)64-55-56(54-63-57(60)51-48-45-42-39-36-33-24-21-18-15-12-9-6-3)65-59(62)53-50-47-44-41-38-35-32-30-28-26-23-20-17-14-11-8-5-2/h7-8,10-11,16-17,19-20,25-28,56H,4-6,9,12-15,18,21-24,29-55H2,1-3H3/b10-7-,11-8-,19-16-,20-17-,27-25-,28-26-. The Morgan fingerprint density at radius 1 is 0.323 bits per heavy atom. The maximum Gasteiger partial charge on any atom is 0.306 e. The molecule has 0 amide bonds. The number of hydrogen-bond donors (Lipinski definition) is 0. The minimum Gasteiger partial charge on any atom is -0.462 e. The van der Waals surface area contributed by atoms with Gasteiger partial charge in [0.25, 0.3) is 0 Å². The third-order valence-corrected chi connectivity index (χ3v) is 11.7. The third-order valence-electron chi connectivity index (χ3n) is 11.7. The normalized spacial score (nSPS) is 12.6. The van der Waals surface area contributed by atoms with Gasteiger partial charge < -0.3 is 14.2 Å². The summed E-state index contributed by atoms with van der Waals surface area (Å²) in [6, 6.07) is 0. The van der Waals surface area contributed by atoms with Gasteiger partial charge in [0.2, 0.25) is 0 Å². The van der Waals surface area contributed by atoms with Crippen molar-refractivity contribution in [3.63, 3.8) is 0 Å². The van der Waals surface area contributed by atoms with Crippen LogP contribution in [0.5, 0.6) is 0 Å². The zero-order chi connectivity index (χ0) is 47.2. The van der Waals surface area contributed by atoms with E-state index in [0.717, 1.165) is 109 Å². The number of ether oxygens (including phenoxy) is 3. The van der Waals surface area contributed by atoms with E-state index in [1.807, 2.05) is 0 Å². The molecule has 374 valence electrons. The van der Waals surface area contributed by atoms with Crippen LogP contribution in [-0.2, 0) is 28.6 Å². The van der Waals surface area contributed by atoms with E-state index in [9.17, 15) is 14.4 Å². The van der Waals surface area contributed by atoms with Crippen LogP contribution >= 0.6 is 0 Å². The van der Waals surface area contributed by atoms with E-state index in [2.05, 4.69) is 93.7 Å². The number of allylic oxidation sites excluding steroid dienone is 12. The zero-order valence-electron chi connectivity index (χ0n) is 42.7. The second-order valence-electron chi connectivity index (χ2n) is 18.1. The molecule has 0 aliphatic rings. The maximum atomic E-state index is 12.8. The summed E-state index contributed by atoms with van der Waals surface area (Å²) < 4.78 is 16.8. The predicted octanol–water partition coefficient (Wildman–Crippen LogP) is 18.2. The molecule has 6 nitrogen and oxygen atoms in total. The van der Waals surface area contributed by atoms with Gasteiger partial charge in [-0.05, 0) is 83.5 Å². The number of unbranched alkanes of at least 4 members (excludes halogenated alkanes) is 26. The Hall–Kier alpha value is -3.15. The highest BCUT2D eigenvalue weighted by Gasteiger charge is 2.19. The quantitative estimate of drug-likeness (QED) is 0.0262. The van der Waals surface area contributed by atoms with Gasteiger partial charge in [0.05, 0.1) is 0 Å². The Labute approximate surface area is 402 Å². The fraction of sp³-hybridized carbons (Fsp3) is 0.746. The summed E-state index contributed by atoms with van der Waals surface area (Å²) in [6.45, 7) is 6.42. The van der Waals surface area contributed by atoms with E-state index in [1.54, 1.807) is 0 Å². The van der Waals surface area contributed by atoms with Crippen molar-refractivity contribution < 1.29 is 28.6 Å². The Kier molecular flexibility index (Phi) is 50.9. The van der Waals surface area contributed by atoms with Gasteiger partial charge in [-0.1, -0.05) is 235 Å². The van der Waals surface area contributed by atoms with Crippen LogP contribution in [0.4, 0.5) is 0 Å². The van der Waals surface area contributed by atoms with Gasteiger partial charge in [0.15, 0.2) is 6.10 Å². The lowest BCUT2D eigenvalue weighted by Gasteiger charge is -2.18. The molecule has 0 fully saturated rings. The number of carbonyl (C=O) groups is 3. The van der Waals surface area contributed by atoms with Crippen molar-refractivity contribution in [3.05, 3.63) is 72.9 Å². The average Bonchev–Trinajstić information content (AvgIpc) is 3.30. The van der Waals surface area contributed by atoms with Crippen molar-refractivity contribution in [2.24, 2.45) is 0 Å². The van der Waals surface area contributed by atoms with Gasteiger partial charge in [-0.3, -0.25) is 14.4 Å². The predicted molar refractivity (Wildman–Crippen MR) is 279 cm³/mol. The van der Waals surface area contributed by atoms with E-state index in [4.69, 9.17) is 14.2 Å². The van der Waals surface area contributed by atoms with Gasteiger partial charge in [0.1, 0.15) is 13.2 Å². The van der Waals surface area contributed by atoms with Crippen LogP contribution in [0.2, 0.25) is 0 Å². The first kappa shape index (κ1) is 61.9. The van der Waals surface area contributed by atoms with Gasteiger partial charge in [-0.15, -0.1) is 0 Å². The van der Waals surface area contributed by atoms with E-state index in [-0.39, 0.29) is 31.1 Å². The van der Waals surface area contributed by atoms with Crippen molar-refractivity contribution in [1.82, 2.24) is 0 Å². The molecule has 1 unspecified atom stereocenters. The molecule has 0 radical (unpaired) electrons. The van der Waals surface area contributed by atoms with Crippen LogP contribution < -0.4 is 0 Å². The fourth-order valence-corrected chi connectivity index (χ4v) is 7.65. The maximum absolute atomic E-state index is 12.8. The smallest absolute Gasteiger partial charge is 0.306 e. The summed E-state index contributed by atoms with van der Waals surface area (Å²) in [6.07, 6.45) is 67.4. The van der Waals surface area contributed by atoms with Crippen LogP contribution in [0.3, 0.4) is 0 Å². The average molecular weight is 907 g/mol. The summed E-state index contributed by atoms with van der Waals surface area (Å²) >= 11 is 0. The van der Waals surface area contributed by atoms with E-state index >= 15 is 0 Å². The molecule has 0 saturated heterocycles. The number of carbonyl (C=O) groups excluding carboxylic acids is 3. The lowest BCUT2D eigenvalue weighted by atomic mass is 10.0. The number of rotatable bonds is 49. The van der Waals surface area contributed by atoms with Crippen LogP contribution in [-0.4, -0.2) is 37.2 Å². The molecule has 1 atom stereocenters. The lowest BCUT2D eigenvalue weighted by molar-refractivity contribution is -0.167. The van der Waals surface area contributed by atoms with Gasteiger partial charge in [0, 0.05) is 19.3 Å². The largest absolute Gasteiger partial charge is 0.462 e. The van der Waals surface area contributed by atoms with Crippen molar-refractivity contribution in [2.45, 2.75) is 271 Å². The van der Waals surface area contributed by atoms with E-state index < -0.39 is 6.10 Å². The molecule has 0 aliphatic heterocycles. The Morgan fingerprint density at radius 3 is 0.938 bits per heavy atom. The first-order valence-electron chi connectivity index (χ1n) is 27.4. The number of esters is 3. The summed E-state index contributed by atoms with van der Waals surface area (Å²) in [4.78, 5) is 38.1. The molecule has 0 bridgehead atoms. The molecular formula is C59H102O6. The highest BCUT2D eigenvalue weighted by molar-refractivity contribution is 5.71. The lowest BCUT2D eigenvalue weighted by Crippen LogP contribution is -2.30. The van der Waals surface area contributed by atoms with Gasteiger partial charge >= 0.3 is 17.9 Å². The molecule has 0 aromatic carbocycles. The minimum atomic E-state index is -0.783. The molecule has 0 N–H and O–H groups in total. The van der Waals surface area contributed by atoms with Crippen molar-refractivity contribution in [1.29, 1.82) is 0 Å². The summed E-state index contributed by atoms with van der Waals surface area (Å²) in [5.41, 5.74) is 0. The highest BCUT2D eigenvalue weighted by atomic mass is 16.6. The highest BCUT2D eigenvalue weighted by Crippen LogP contribution is 2.15. The van der Waals surface area contributed by atoms with Crippen molar-refractivity contribution in [3.8, 4) is 0 Å². The molecule has 0 aliphatic carbocycles. The topological polar surface area (TPSA) is 78.9 Å². The van der Waals surface area contributed by atoms with Crippen LogP contribution in [0.25, 0.3) is 0 Å². The van der Waals surface area contributed by atoms with Crippen molar-refractivity contribution in [2.75, 3.05) is 13.2 Å². The molecule has 0 rings (SSSR count). The summed E-state index contributed by atoms with van der Waals surface area (Å²) in [7, 11) is 0. The number of hydrogen-bond acceptors (Lipinski definition) is 6. The van der Waals surface area contributed by atoms with Crippen LogP contribution in [0, 0.1) is 0 Å². The second-order valence-corrected chi connectivity index (χ2v) is 18.1. The van der Waals surface area contributed by atoms with Crippen LogP contribution in [0.1, 0.15) is 265 Å². The SMILES string of the molecule is CC/C=C\C/C=C\C/C=C\CCCCCCCCCC(=O)OCC(COC(=O)CCCCCCCCCCCCCCC)OC(=O)CCCCCCCCC/C=C\C/C=C\C/C=C\CC.